The van der Waals surface area contributed by atoms with Crippen LogP contribution < -0.4 is 34.0 Å². The van der Waals surface area contributed by atoms with Crippen LogP contribution in [0.2, 0.25) is 0 Å². The van der Waals surface area contributed by atoms with Gasteiger partial charge in [-0.05, 0) is 19.1 Å². The molecule has 0 fully saturated rings. The molecular formula is C7H7Br2Sb-2. The fraction of sp³-hybridized carbons (Fsp3) is 0.143. The van der Waals surface area contributed by atoms with Crippen molar-refractivity contribution >= 4 is 24.4 Å². The molecule has 3 heteroatoms. The van der Waals surface area contributed by atoms with Crippen molar-refractivity contribution in [3.8, 4) is 0 Å². The Bertz CT molecular complexity index is 155. The molecule has 0 saturated heterocycles. The average Bonchev–Trinajstić information content (AvgIpc) is 1.69. The standard InChI is InChI=1S/C7H7.2BrH.Sb/c1-7-5-3-2-4-6-7;;;/h3-6H,1H3;2*1H;/p-2. The van der Waals surface area contributed by atoms with Gasteiger partial charge in [0.1, 0.15) is 0 Å². The zero-order valence-electron chi connectivity index (χ0n) is 5.51. The van der Waals surface area contributed by atoms with Gasteiger partial charge in [-0.15, -0.1) is 5.73 Å². The van der Waals surface area contributed by atoms with E-state index in [1.54, 1.807) is 0 Å². The van der Waals surface area contributed by atoms with Crippen molar-refractivity contribution in [1.29, 1.82) is 0 Å². The van der Waals surface area contributed by atoms with Crippen molar-refractivity contribution in [3.05, 3.63) is 36.0 Å². The van der Waals surface area contributed by atoms with Crippen LogP contribution >= 0.6 is 0 Å². The normalized spacial score (nSPS) is 11.9. The fourth-order valence-corrected chi connectivity index (χ4v) is 0.470. The Morgan fingerprint density at radius 2 is 1.80 bits per heavy atom. The molecule has 0 bridgehead atoms. The zero-order valence-corrected chi connectivity index (χ0v) is 11.2. The van der Waals surface area contributed by atoms with E-state index in [9.17, 15) is 0 Å². The van der Waals surface area contributed by atoms with E-state index in [4.69, 9.17) is 0 Å². The molecule has 0 saturated carbocycles. The van der Waals surface area contributed by atoms with Gasteiger partial charge in [-0.3, -0.25) is 0 Å². The molecule has 0 aromatic rings. The molecule has 0 unspecified atom stereocenters. The summed E-state index contributed by atoms with van der Waals surface area (Å²) in [4.78, 5) is 0. The molecule has 0 heterocycles. The second kappa shape index (κ2) is 10.0. The van der Waals surface area contributed by atoms with Crippen LogP contribution in [0.25, 0.3) is 0 Å². The monoisotopic (exact) mass is 370 g/mol. The summed E-state index contributed by atoms with van der Waals surface area (Å²) in [5, 5.41) is 0. The summed E-state index contributed by atoms with van der Waals surface area (Å²) in [6.07, 6.45) is 7.88. The maximum absolute atomic E-state index is 2.93. The van der Waals surface area contributed by atoms with E-state index in [1.165, 1.54) is 5.57 Å². The second-order valence-electron chi connectivity index (χ2n) is 1.58. The summed E-state index contributed by atoms with van der Waals surface area (Å²) in [7, 11) is 0. The van der Waals surface area contributed by atoms with Crippen LogP contribution in [-0.4, -0.2) is 24.4 Å². The summed E-state index contributed by atoms with van der Waals surface area (Å²) in [6, 6.07) is 0. The third kappa shape index (κ3) is 7.15. The minimum Gasteiger partial charge on any atom is -1.00 e. The van der Waals surface area contributed by atoms with E-state index in [1.807, 2.05) is 24.6 Å². The first-order chi connectivity index (χ1) is 3.39. The summed E-state index contributed by atoms with van der Waals surface area (Å²) >= 11 is 0. The van der Waals surface area contributed by atoms with Crippen molar-refractivity contribution in [3.63, 3.8) is 0 Å². The predicted octanol–water partition coefficient (Wildman–Crippen LogP) is -4.51. The molecule has 0 N–H and O–H groups in total. The van der Waals surface area contributed by atoms with Gasteiger partial charge in [0.05, 0.1) is 0 Å². The largest absolute Gasteiger partial charge is 1.00 e. The van der Waals surface area contributed by atoms with E-state index >= 15 is 0 Å². The molecule has 1 rings (SSSR count). The molecule has 0 aromatic heterocycles. The first-order valence-corrected chi connectivity index (χ1v) is 2.32. The molecule has 56 valence electrons. The minimum atomic E-state index is 0. The topological polar surface area (TPSA) is 0 Å². The van der Waals surface area contributed by atoms with E-state index in [0.717, 1.165) is 0 Å². The van der Waals surface area contributed by atoms with E-state index in [2.05, 4.69) is 12.7 Å². The Labute approximate surface area is 100 Å². The SMILES string of the molecule is CC1=CC=C=C[CH]1.[Br-].[Br-].[Sb]. The summed E-state index contributed by atoms with van der Waals surface area (Å²) in [5.74, 6) is 0. The third-order valence-corrected chi connectivity index (χ3v) is 0.885. The fourth-order valence-electron chi connectivity index (χ4n) is 0.470. The maximum atomic E-state index is 2.93. The van der Waals surface area contributed by atoms with E-state index < -0.39 is 0 Å². The Hall–Kier alpha value is 1.04. The Kier molecular flexibility index (Phi) is 17.3. The van der Waals surface area contributed by atoms with Crippen LogP contribution in [-0.2, 0) is 0 Å². The van der Waals surface area contributed by atoms with Gasteiger partial charge in [0.2, 0.25) is 0 Å². The number of hydrogen-bond acceptors (Lipinski definition) is 0. The van der Waals surface area contributed by atoms with Crippen LogP contribution in [0.3, 0.4) is 0 Å². The quantitative estimate of drug-likeness (QED) is 0.297. The zero-order chi connectivity index (χ0) is 5.11. The molecule has 1 aliphatic rings. The first kappa shape index (κ1) is 17.2. The second-order valence-corrected chi connectivity index (χ2v) is 1.58. The summed E-state index contributed by atoms with van der Waals surface area (Å²) in [5.41, 5.74) is 4.22. The number of allylic oxidation sites excluding steroid dienone is 3. The maximum Gasteiger partial charge on any atom is 0.0160 e. The Morgan fingerprint density at radius 1 is 1.20 bits per heavy atom. The Balaban J connectivity index is -0.000000163. The van der Waals surface area contributed by atoms with Crippen LogP contribution in [0.5, 0.6) is 0 Å². The molecule has 0 atom stereocenters. The summed E-state index contributed by atoms with van der Waals surface area (Å²) in [6.45, 7) is 2.06. The number of rotatable bonds is 0. The Morgan fingerprint density at radius 3 is 2.00 bits per heavy atom. The van der Waals surface area contributed by atoms with Gasteiger partial charge < -0.3 is 34.0 Å². The average molecular weight is 373 g/mol. The molecule has 0 spiro atoms. The molecule has 4 radical (unpaired) electrons. The van der Waals surface area contributed by atoms with E-state index in [-0.39, 0.29) is 58.4 Å². The molecule has 0 aromatic carbocycles. The summed E-state index contributed by atoms with van der Waals surface area (Å²) < 4.78 is 0. The van der Waals surface area contributed by atoms with Crippen molar-refractivity contribution in [1.82, 2.24) is 0 Å². The molecule has 1 aliphatic carbocycles. The molecule has 10 heavy (non-hydrogen) atoms. The molecule has 0 aliphatic heterocycles. The van der Waals surface area contributed by atoms with Crippen LogP contribution in [0, 0.1) is 6.42 Å². The third-order valence-electron chi connectivity index (χ3n) is 0.885. The van der Waals surface area contributed by atoms with Gasteiger partial charge >= 0.3 is 0 Å². The van der Waals surface area contributed by atoms with Crippen LogP contribution in [0.4, 0.5) is 0 Å². The van der Waals surface area contributed by atoms with Crippen molar-refractivity contribution < 1.29 is 34.0 Å². The van der Waals surface area contributed by atoms with Gasteiger partial charge in [-0.2, -0.15) is 0 Å². The van der Waals surface area contributed by atoms with Gasteiger partial charge in [0, 0.05) is 30.8 Å². The van der Waals surface area contributed by atoms with Gasteiger partial charge in [-0.25, -0.2) is 0 Å². The van der Waals surface area contributed by atoms with E-state index in [0.29, 0.717) is 0 Å². The van der Waals surface area contributed by atoms with Gasteiger partial charge in [-0.1, -0.05) is 11.6 Å². The first-order valence-electron chi connectivity index (χ1n) is 2.32. The van der Waals surface area contributed by atoms with Crippen LogP contribution in [0.1, 0.15) is 6.92 Å². The number of hydrogen-bond donors (Lipinski definition) is 0. The predicted molar refractivity (Wildman–Crippen MR) is 36.5 cm³/mol. The smallest absolute Gasteiger partial charge is 0.0160 e. The number of halogens is 2. The van der Waals surface area contributed by atoms with Crippen molar-refractivity contribution in [2.24, 2.45) is 0 Å². The van der Waals surface area contributed by atoms with Gasteiger partial charge in [0.25, 0.3) is 0 Å². The van der Waals surface area contributed by atoms with Crippen LogP contribution in [0.15, 0.2) is 29.5 Å². The molecular weight excluding hydrogens is 366 g/mol. The van der Waals surface area contributed by atoms with Crippen molar-refractivity contribution in [2.75, 3.05) is 0 Å². The minimum absolute atomic E-state index is 0. The van der Waals surface area contributed by atoms with Crippen molar-refractivity contribution in [2.45, 2.75) is 6.92 Å². The molecule has 0 nitrogen and oxygen atoms in total. The molecule has 0 amide bonds. The van der Waals surface area contributed by atoms with Gasteiger partial charge in [0.15, 0.2) is 0 Å².